The SMILES string of the molecule is Cc1nn(-c2ccccc2)c(C)c1/C=C/C(=O)OCC(=O)Nc1ccon1. The molecular formula is C19H18N4O4. The van der Waals surface area contributed by atoms with Crippen molar-refractivity contribution in [1.82, 2.24) is 14.9 Å². The van der Waals surface area contributed by atoms with Gasteiger partial charge >= 0.3 is 5.97 Å². The molecule has 0 aliphatic rings. The number of carbonyl (C=O) groups is 2. The molecule has 27 heavy (non-hydrogen) atoms. The van der Waals surface area contributed by atoms with Crippen molar-refractivity contribution in [2.75, 3.05) is 11.9 Å². The zero-order valence-electron chi connectivity index (χ0n) is 14.9. The number of aryl methyl sites for hydroxylation is 1. The molecule has 1 N–H and O–H groups in total. The van der Waals surface area contributed by atoms with Crippen LogP contribution < -0.4 is 5.32 Å². The lowest BCUT2D eigenvalue weighted by Crippen LogP contribution is -2.20. The highest BCUT2D eigenvalue weighted by atomic mass is 16.5. The summed E-state index contributed by atoms with van der Waals surface area (Å²) in [4.78, 5) is 23.5. The Kier molecular flexibility index (Phi) is 5.46. The van der Waals surface area contributed by atoms with E-state index in [9.17, 15) is 9.59 Å². The minimum absolute atomic E-state index is 0.256. The molecule has 2 heterocycles. The summed E-state index contributed by atoms with van der Waals surface area (Å²) < 4.78 is 11.3. The van der Waals surface area contributed by atoms with Crippen molar-refractivity contribution in [1.29, 1.82) is 0 Å². The summed E-state index contributed by atoms with van der Waals surface area (Å²) in [5.74, 6) is -0.877. The topological polar surface area (TPSA) is 99.2 Å². The molecule has 0 radical (unpaired) electrons. The van der Waals surface area contributed by atoms with E-state index in [1.165, 1.54) is 18.4 Å². The van der Waals surface area contributed by atoms with Crippen LogP contribution in [0.15, 0.2) is 53.3 Å². The van der Waals surface area contributed by atoms with Crippen molar-refractivity contribution in [3.05, 3.63) is 65.7 Å². The van der Waals surface area contributed by atoms with Crippen LogP contribution in [0.3, 0.4) is 0 Å². The molecule has 1 aromatic carbocycles. The number of nitrogens with one attached hydrogen (secondary N) is 1. The quantitative estimate of drug-likeness (QED) is 0.532. The Morgan fingerprint density at radius 2 is 2.00 bits per heavy atom. The van der Waals surface area contributed by atoms with Crippen molar-refractivity contribution in [2.24, 2.45) is 0 Å². The van der Waals surface area contributed by atoms with Gasteiger partial charge in [-0.15, -0.1) is 0 Å². The Labute approximate surface area is 155 Å². The van der Waals surface area contributed by atoms with Crippen LogP contribution in [0.2, 0.25) is 0 Å². The highest BCUT2D eigenvalue weighted by Gasteiger charge is 2.11. The molecule has 0 atom stereocenters. The summed E-state index contributed by atoms with van der Waals surface area (Å²) in [6.07, 6.45) is 4.23. The molecule has 3 aromatic rings. The van der Waals surface area contributed by atoms with Gasteiger partial charge in [-0.3, -0.25) is 4.79 Å². The van der Waals surface area contributed by atoms with Crippen LogP contribution in [0, 0.1) is 13.8 Å². The van der Waals surface area contributed by atoms with Gasteiger partial charge in [0.1, 0.15) is 6.26 Å². The van der Waals surface area contributed by atoms with E-state index in [0.29, 0.717) is 0 Å². The normalized spacial score (nSPS) is 10.9. The minimum Gasteiger partial charge on any atom is -0.452 e. The van der Waals surface area contributed by atoms with Crippen LogP contribution in [-0.2, 0) is 14.3 Å². The number of rotatable bonds is 6. The van der Waals surface area contributed by atoms with Gasteiger partial charge in [-0.05, 0) is 32.1 Å². The third kappa shape index (κ3) is 4.49. The molecule has 138 valence electrons. The van der Waals surface area contributed by atoms with Gasteiger partial charge in [0.15, 0.2) is 12.4 Å². The number of para-hydroxylation sites is 1. The Hall–Kier alpha value is -3.68. The van der Waals surface area contributed by atoms with Crippen molar-refractivity contribution in [2.45, 2.75) is 13.8 Å². The molecule has 1 amide bonds. The molecule has 0 saturated heterocycles. The third-order valence-corrected chi connectivity index (χ3v) is 3.78. The number of hydrogen-bond acceptors (Lipinski definition) is 6. The van der Waals surface area contributed by atoms with Gasteiger partial charge < -0.3 is 14.6 Å². The van der Waals surface area contributed by atoms with E-state index in [1.807, 2.05) is 48.9 Å². The third-order valence-electron chi connectivity index (χ3n) is 3.78. The molecule has 0 unspecified atom stereocenters. The van der Waals surface area contributed by atoms with Gasteiger partial charge in [-0.25, -0.2) is 9.48 Å². The maximum Gasteiger partial charge on any atom is 0.331 e. The number of anilines is 1. The Morgan fingerprint density at radius 3 is 2.70 bits per heavy atom. The van der Waals surface area contributed by atoms with Gasteiger partial charge in [0.2, 0.25) is 0 Å². The number of hydrogen-bond donors (Lipinski definition) is 1. The zero-order chi connectivity index (χ0) is 19.2. The van der Waals surface area contributed by atoms with Gasteiger partial charge in [-0.1, -0.05) is 23.4 Å². The molecule has 0 saturated carbocycles. The van der Waals surface area contributed by atoms with Crippen LogP contribution in [-0.4, -0.2) is 33.4 Å². The van der Waals surface area contributed by atoms with E-state index in [2.05, 4.69) is 20.1 Å². The van der Waals surface area contributed by atoms with Gasteiger partial charge in [-0.2, -0.15) is 5.10 Å². The number of ether oxygens (including phenoxy) is 1. The predicted molar refractivity (Wildman–Crippen MR) is 98.2 cm³/mol. The smallest absolute Gasteiger partial charge is 0.331 e. The number of benzene rings is 1. The van der Waals surface area contributed by atoms with Gasteiger partial charge in [0.05, 0.1) is 11.4 Å². The first-order valence-electron chi connectivity index (χ1n) is 8.21. The molecule has 8 nitrogen and oxygen atoms in total. The number of aromatic nitrogens is 3. The van der Waals surface area contributed by atoms with Crippen LogP contribution in [0.4, 0.5) is 5.82 Å². The van der Waals surface area contributed by atoms with Crippen LogP contribution in [0.1, 0.15) is 17.0 Å². The standard InChI is InChI=1S/C19H18N4O4/c1-13-16(14(2)23(21-13)15-6-4-3-5-7-15)8-9-19(25)26-12-18(24)20-17-10-11-27-22-17/h3-11H,12H2,1-2H3,(H,20,22,24)/b9-8+. The maximum absolute atomic E-state index is 11.9. The van der Waals surface area contributed by atoms with E-state index in [-0.39, 0.29) is 5.82 Å². The molecule has 0 bridgehead atoms. The fourth-order valence-electron chi connectivity index (χ4n) is 2.51. The monoisotopic (exact) mass is 366 g/mol. The van der Waals surface area contributed by atoms with E-state index < -0.39 is 18.5 Å². The highest BCUT2D eigenvalue weighted by Crippen LogP contribution is 2.19. The van der Waals surface area contributed by atoms with Crippen molar-refractivity contribution >= 4 is 23.8 Å². The molecule has 0 aliphatic carbocycles. The lowest BCUT2D eigenvalue weighted by molar-refractivity contribution is -0.142. The van der Waals surface area contributed by atoms with Crippen molar-refractivity contribution < 1.29 is 18.8 Å². The molecular weight excluding hydrogens is 348 g/mol. The molecule has 0 aliphatic heterocycles. The highest BCUT2D eigenvalue weighted by molar-refractivity contribution is 5.94. The average molecular weight is 366 g/mol. The number of esters is 1. The maximum atomic E-state index is 11.9. The van der Waals surface area contributed by atoms with E-state index >= 15 is 0 Å². The largest absolute Gasteiger partial charge is 0.452 e. The second-order valence-corrected chi connectivity index (χ2v) is 5.71. The second kappa shape index (κ2) is 8.13. The minimum atomic E-state index is -0.628. The summed E-state index contributed by atoms with van der Waals surface area (Å²) in [7, 11) is 0. The summed E-state index contributed by atoms with van der Waals surface area (Å²) in [6, 6.07) is 11.2. The Bertz CT molecular complexity index is 959. The second-order valence-electron chi connectivity index (χ2n) is 5.71. The average Bonchev–Trinajstić information content (AvgIpc) is 3.27. The summed E-state index contributed by atoms with van der Waals surface area (Å²) in [5, 5.41) is 10.5. The Morgan fingerprint density at radius 1 is 1.22 bits per heavy atom. The molecule has 0 spiro atoms. The Balaban J connectivity index is 1.61. The van der Waals surface area contributed by atoms with E-state index in [4.69, 9.17) is 4.74 Å². The molecule has 0 fully saturated rings. The molecule has 3 rings (SSSR count). The molecule has 8 heteroatoms. The predicted octanol–water partition coefficient (Wildman–Crippen LogP) is 2.67. The lowest BCUT2D eigenvalue weighted by Gasteiger charge is -2.03. The van der Waals surface area contributed by atoms with Gasteiger partial charge in [0, 0.05) is 23.4 Å². The fraction of sp³-hybridized carbons (Fsp3) is 0.158. The van der Waals surface area contributed by atoms with Crippen LogP contribution in [0.5, 0.6) is 0 Å². The molecule has 2 aromatic heterocycles. The van der Waals surface area contributed by atoms with Gasteiger partial charge in [0.25, 0.3) is 5.91 Å². The van der Waals surface area contributed by atoms with Crippen molar-refractivity contribution in [3.63, 3.8) is 0 Å². The van der Waals surface area contributed by atoms with Crippen LogP contribution in [0.25, 0.3) is 11.8 Å². The fourth-order valence-corrected chi connectivity index (χ4v) is 2.51. The van der Waals surface area contributed by atoms with E-state index in [0.717, 1.165) is 22.6 Å². The number of carbonyl (C=O) groups excluding carboxylic acids is 2. The zero-order valence-corrected chi connectivity index (χ0v) is 14.9. The number of nitrogens with zero attached hydrogens (tertiary/aromatic N) is 3. The summed E-state index contributed by atoms with van der Waals surface area (Å²) in [5.41, 5.74) is 3.43. The lowest BCUT2D eigenvalue weighted by atomic mass is 10.2. The summed E-state index contributed by atoms with van der Waals surface area (Å²) in [6.45, 7) is 3.36. The first-order valence-corrected chi connectivity index (χ1v) is 8.21. The van der Waals surface area contributed by atoms with Crippen LogP contribution >= 0.6 is 0 Å². The first kappa shape index (κ1) is 18.1. The summed E-state index contributed by atoms with van der Waals surface area (Å²) >= 11 is 0. The van der Waals surface area contributed by atoms with Crippen molar-refractivity contribution in [3.8, 4) is 5.69 Å². The van der Waals surface area contributed by atoms with E-state index in [1.54, 1.807) is 6.08 Å². The number of amides is 1. The first-order chi connectivity index (χ1) is 13.0.